The summed E-state index contributed by atoms with van der Waals surface area (Å²) in [7, 11) is 1.80. The van der Waals surface area contributed by atoms with Crippen molar-refractivity contribution in [3.05, 3.63) is 34.8 Å². The molecule has 4 fully saturated rings. The van der Waals surface area contributed by atoms with E-state index in [1.807, 2.05) is 6.26 Å². The molecule has 3 saturated heterocycles. The molecule has 1 aromatic heterocycles. The lowest BCUT2D eigenvalue weighted by molar-refractivity contribution is -0.294. The Morgan fingerprint density at radius 3 is 2.78 bits per heavy atom. The van der Waals surface area contributed by atoms with Gasteiger partial charge in [0.15, 0.2) is 0 Å². The van der Waals surface area contributed by atoms with Gasteiger partial charge in [0.2, 0.25) is 0 Å². The minimum absolute atomic E-state index is 0.0244. The number of aliphatic hydroxyl groups is 1. The van der Waals surface area contributed by atoms with Crippen molar-refractivity contribution in [1.29, 1.82) is 0 Å². The summed E-state index contributed by atoms with van der Waals surface area (Å²) in [6, 6.07) is 0. The zero-order chi connectivity index (χ0) is 18.8. The quantitative estimate of drug-likeness (QED) is 0.652. The first kappa shape index (κ1) is 16.8. The van der Waals surface area contributed by atoms with Crippen LogP contribution in [0.4, 0.5) is 0 Å². The Balaban J connectivity index is 1.49. The van der Waals surface area contributed by atoms with Crippen molar-refractivity contribution in [3.8, 4) is 0 Å². The molecule has 1 unspecified atom stereocenters. The predicted molar refractivity (Wildman–Crippen MR) is 97.3 cm³/mol. The molecule has 4 heterocycles. The van der Waals surface area contributed by atoms with Crippen molar-refractivity contribution in [2.24, 2.45) is 11.3 Å². The molecule has 3 aliphatic heterocycles. The maximum Gasteiger partial charge on any atom is 0.132 e. The van der Waals surface area contributed by atoms with Crippen LogP contribution in [0.25, 0.3) is 0 Å². The molecule has 146 valence electrons. The zero-order valence-electron chi connectivity index (χ0n) is 16.5. The van der Waals surface area contributed by atoms with E-state index in [0.29, 0.717) is 5.92 Å². The van der Waals surface area contributed by atoms with Crippen LogP contribution in [-0.4, -0.2) is 41.7 Å². The first-order valence-electron chi connectivity index (χ1n) is 10.2. The first-order valence-corrected chi connectivity index (χ1v) is 10.2. The van der Waals surface area contributed by atoms with Gasteiger partial charge in [-0.1, -0.05) is 26.8 Å². The van der Waals surface area contributed by atoms with Gasteiger partial charge in [0.25, 0.3) is 0 Å². The lowest BCUT2D eigenvalue weighted by Gasteiger charge is -2.68. The van der Waals surface area contributed by atoms with Gasteiger partial charge in [-0.05, 0) is 29.9 Å². The average molecular weight is 372 g/mol. The van der Waals surface area contributed by atoms with Crippen LogP contribution >= 0.6 is 0 Å². The van der Waals surface area contributed by atoms with Crippen LogP contribution in [0.1, 0.15) is 56.4 Å². The normalized spacial score (nSPS) is 48.7. The fourth-order valence-electron chi connectivity index (χ4n) is 7.17. The van der Waals surface area contributed by atoms with E-state index in [2.05, 4.69) is 26.8 Å². The lowest BCUT2D eigenvalue weighted by atomic mass is 9.46. The highest BCUT2D eigenvalue weighted by atomic mass is 16.7. The van der Waals surface area contributed by atoms with E-state index in [1.54, 1.807) is 7.11 Å². The highest BCUT2D eigenvalue weighted by Crippen LogP contribution is 2.72. The molecule has 1 aromatic rings. The number of rotatable bonds is 3. The van der Waals surface area contributed by atoms with Crippen LogP contribution in [0.5, 0.6) is 0 Å². The highest BCUT2D eigenvalue weighted by molar-refractivity contribution is 5.52. The van der Waals surface area contributed by atoms with Gasteiger partial charge in [-0.3, -0.25) is 0 Å². The summed E-state index contributed by atoms with van der Waals surface area (Å²) in [5.74, 6) is 1.38. The number of aliphatic hydroxyl groups excluding tert-OH is 1. The standard InChI is InChI=1S/C22H28O5/c1-11(2)22-17(27-22)7-16-20(3)6-5-12-13(10-25-15(12)9-23)18(20)14-8-21(16,26-14)19(22)24-4/h7,10-11,14,17-19,23H,5-6,8-9H2,1-4H3/t14?,17-,18+,19-,20+,21-,22-/m0/s1. The van der Waals surface area contributed by atoms with Crippen molar-refractivity contribution >= 4 is 0 Å². The van der Waals surface area contributed by atoms with Gasteiger partial charge in [-0.15, -0.1) is 0 Å². The Hall–Kier alpha value is -1.14. The highest BCUT2D eigenvalue weighted by Gasteiger charge is 2.79. The number of hydrogen-bond acceptors (Lipinski definition) is 5. The number of methoxy groups -OCH3 is 1. The molecular weight excluding hydrogens is 344 g/mol. The van der Waals surface area contributed by atoms with E-state index in [1.165, 1.54) is 16.7 Å². The maximum atomic E-state index is 9.62. The summed E-state index contributed by atoms with van der Waals surface area (Å²) in [6.07, 6.45) is 7.43. The monoisotopic (exact) mass is 372 g/mol. The van der Waals surface area contributed by atoms with E-state index >= 15 is 0 Å². The van der Waals surface area contributed by atoms with E-state index in [4.69, 9.17) is 18.6 Å². The number of ether oxygens (including phenoxy) is 3. The number of epoxide rings is 1. The van der Waals surface area contributed by atoms with Crippen LogP contribution in [0.15, 0.2) is 22.3 Å². The third-order valence-corrected chi connectivity index (χ3v) is 8.39. The van der Waals surface area contributed by atoms with Crippen molar-refractivity contribution in [3.63, 3.8) is 0 Å². The molecule has 5 nitrogen and oxygen atoms in total. The summed E-state index contributed by atoms with van der Waals surface area (Å²) < 4.78 is 24.8. The number of hydrogen-bond donors (Lipinski definition) is 1. The Labute approximate surface area is 159 Å². The van der Waals surface area contributed by atoms with Gasteiger partial charge >= 0.3 is 0 Å². The van der Waals surface area contributed by atoms with Crippen molar-refractivity contribution in [1.82, 2.24) is 0 Å². The molecule has 3 aliphatic carbocycles. The SMILES string of the molecule is CO[C@@H]1[C@@]2(C(C)C)O[C@H]2C=C2[C@@]13CC(O3)[C@H]1c3coc(CO)c3CC[C@]21C. The first-order chi connectivity index (χ1) is 12.9. The second-order valence-electron chi connectivity index (χ2n) is 9.64. The molecule has 0 amide bonds. The smallest absolute Gasteiger partial charge is 0.132 e. The van der Waals surface area contributed by atoms with Gasteiger partial charge in [-0.2, -0.15) is 0 Å². The van der Waals surface area contributed by atoms with E-state index in [0.717, 1.165) is 25.0 Å². The molecule has 7 rings (SSSR count). The molecule has 1 saturated carbocycles. The van der Waals surface area contributed by atoms with Crippen LogP contribution in [-0.2, 0) is 27.2 Å². The fourth-order valence-corrected chi connectivity index (χ4v) is 7.17. The molecular formula is C22H28O5. The topological polar surface area (TPSA) is 64.4 Å². The zero-order valence-corrected chi connectivity index (χ0v) is 16.5. The minimum atomic E-state index is -0.344. The Morgan fingerprint density at radius 1 is 1.33 bits per heavy atom. The second kappa shape index (κ2) is 4.88. The second-order valence-corrected chi connectivity index (χ2v) is 9.64. The Kier molecular flexibility index (Phi) is 3.03. The van der Waals surface area contributed by atoms with Crippen LogP contribution in [0, 0.1) is 11.3 Å². The van der Waals surface area contributed by atoms with Crippen LogP contribution in [0.3, 0.4) is 0 Å². The van der Waals surface area contributed by atoms with Crippen molar-refractivity contribution in [2.75, 3.05) is 7.11 Å². The Bertz CT molecular complexity index is 847. The molecule has 1 N–H and O–H groups in total. The summed E-state index contributed by atoms with van der Waals surface area (Å²) in [6.45, 7) is 6.80. The maximum absolute atomic E-state index is 9.62. The fraction of sp³-hybridized carbons (Fsp3) is 0.727. The molecule has 2 bridgehead atoms. The van der Waals surface area contributed by atoms with Gasteiger partial charge in [0, 0.05) is 30.4 Å². The molecule has 7 atom stereocenters. The average Bonchev–Trinajstić information content (AvgIpc) is 3.21. The summed E-state index contributed by atoms with van der Waals surface area (Å²) in [5.41, 5.74) is 3.25. The molecule has 6 aliphatic rings. The largest absolute Gasteiger partial charge is 0.466 e. The third-order valence-electron chi connectivity index (χ3n) is 8.39. The Morgan fingerprint density at radius 2 is 2.11 bits per heavy atom. The van der Waals surface area contributed by atoms with Gasteiger partial charge < -0.3 is 23.7 Å². The number of furan rings is 1. The van der Waals surface area contributed by atoms with E-state index < -0.39 is 0 Å². The van der Waals surface area contributed by atoms with Gasteiger partial charge in [0.05, 0.1) is 12.4 Å². The van der Waals surface area contributed by atoms with Gasteiger partial charge in [-0.25, -0.2) is 0 Å². The third kappa shape index (κ3) is 1.65. The minimum Gasteiger partial charge on any atom is -0.466 e. The van der Waals surface area contributed by atoms with Crippen molar-refractivity contribution in [2.45, 2.75) is 82.1 Å². The molecule has 0 aromatic carbocycles. The molecule has 1 spiro atoms. The van der Waals surface area contributed by atoms with E-state index in [-0.39, 0.29) is 47.5 Å². The summed E-state index contributed by atoms with van der Waals surface area (Å²) >= 11 is 0. The number of fused-ring (bicyclic) bond motifs is 2. The van der Waals surface area contributed by atoms with Gasteiger partial charge in [0.1, 0.15) is 35.8 Å². The van der Waals surface area contributed by atoms with Crippen molar-refractivity contribution < 1.29 is 23.7 Å². The lowest BCUT2D eigenvalue weighted by Crippen LogP contribution is -2.74. The predicted octanol–water partition coefficient (Wildman–Crippen LogP) is 3.10. The van der Waals surface area contributed by atoms with E-state index in [9.17, 15) is 5.11 Å². The van der Waals surface area contributed by atoms with Crippen LogP contribution < -0.4 is 0 Å². The molecule has 0 radical (unpaired) electrons. The molecule has 5 heteroatoms. The molecule has 27 heavy (non-hydrogen) atoms. The summed E-state index contributed by atoms with van der Waals surface area (Å²) in [5, 5.41) is 9.62. The summed E-state index contributed by atoms with van der Waals surface area (Å²) in [4.78, 5) is 0. The van der Waals surface area contributed by atoms with Crippen LogP contribution in [0.2, 0.25) is 0 Å².